The maximum Gasteiger partial charge on any atom is 0.152 e. The van der Waals surface area contributed by atoms with E-state index in [0.717, 1.165) is 21.3 Å². The zero-order valence-electron chi connectivity index (χ0n) is 10.5. The van der Waals surface area contributed by atoms with Crippen molar-refractivity contribution < 1.29 is 0 Å². The van der Waals surface area contributed by atoms with Gasteiger partial charge in [-0.3, -0.25) is 0 Å². The highest BCUT2D eigenvalue weighted by atomic mass is 79.9. The molecule has 0 aliphatic heterocycles. The summed E-state index contributed by atoms with van der Waals surface area (Å²) in [6.45, 7) is 4.03. The Morgan fingerprint density at radius 1 is 1.26 bits per heavy atom. The Kier molecular flexibility index (Phi) is 4.71. The highest BCUT2D eigenvalue weighted by molar-refractivity contribution is 9.10. The molecular weight excluding hydrogens is 347 g/mol. The second kappa shape index (κ2) is 6.12. The molecule has 1 heterocycles. The number of rotatable bonds is 3. The molecule has 0 saturated carbocycles. The first-order chi connectivity index (χ1) is 8.99. The third-order valence-corrected chi connectivity index (χ3v) is 4.01. The lowest BCUT2D eigenvalue weighted by Crippen LogP contribution is -2.09. The molecule has 0 aliphatic rings. The molecule has 19 heavy (non-hydrogen) atoms. The number of aromatic nitrogens is 1. The Morgan fingerprint density at radius 3 is 2.63 bits per heavy atom. The maximum atomic E-state index is 6.25. The Morgan fingerprint density at radius 2 is 2.00 bits per heavy atom. The third kappa shape index (κ3) is 3.41. The van der Waals surface area contributed by atoms with Gasteiger partial charge in [0.25, 0.3) is 0 Å². The van der Waals surface area contributed by atoms with Gasteiger partial charge in [0, 0.05) is 15.7 Å². The van der Waals surface area contributed by atoms with Gasteiger partial charge in [-0.15, -0.1) is 0 Å². The van der Waals surface area contributed by atoms with Gasteiger partial charge in [0.05, 0.1) is 11.7 Å². The van der Waals surface area contributed by atoms with Crippen molar-refractivity contribution in [2.75, 3.05) is 5.32 Å². The van der Waals surface area contributed by atoms with Crippen LogP contribution in [0.1, 0.15) is 24.1 Å². The summed E-state index contributed by atoms with van der Waals surface area (Å²) >= 11 is 15.8. The van der Waals surface area contributed by atoms with E-state index in [-0.39, 0.29) is 6.04 Å². The summed E-state index contributed by atoms with van der Waals surface area (Å²) in [6.07, 6.45) is 1.69. The van der Waals surface area contributed by atoms with E-state index in [2.05, 4.69) is 26.2 Å². The molecule has 2 nitrogen and oxygen atoms in total. The summed E-state index contributed by atoms with van der Waals surface area (Å²) in [5.41, 5.74) is 2.92. The van der Waals surface area contributed by atoms with E-state index in [0.29, 0.717) is 10.2 Å². The first-order valence-electron chi connectivity index (χ1n) is 5.81. The highest BCUT2D eigenvalue weighted by Crippen LogP contribution is 2.31. The van der Waals surface area contributed by atoms with Crippen molar-refractivity contribution in [3.63, 3.8) is 0 Å². The molecule has 2 aromatic rings. The van der Waals surface area contributed by atoms with E-state index >= 15 is 0 Å². The lowest BCUT2D eigenvalue weighted by atomic mass is 10.1. The number of nitrogens with zero attached hydrogens (tertiary/aromatic N) is 1. The van der Waals surface area contributed by atoms with Gasteiger partial charge in [0.15, 0.2) is 5.15 Å². The fourth-order valence-corrected chi connectivity index (χ4v) is 2.94. The van der Waals surface area contributed by atoms with Crippen LogP contribution in [-0.2, 0) is 0 Å². The van der Waals surface area contributed by atoms with Crippen LogP contribution < -0.4 is 5.32 Å². The van der Waals surface area contributed by atoms with Crippen LogP contribution in [0.5, 0.6) is 0 Å². The van der Waals surface area contributed by atoms with Crippen LogP contribution in [0.3, 0.4) is 0 Å². The predicted molar refractivity (Wildman–Crippen MR) is 85.2 cm³/mol. The summed E-state index contributed by atoms with van der Waals surface area (Å²) in [6, 6.07) is 7.80. The number of hydrogen-bond donors (Lipinski definition) is 1. The van der Waals surface area contributed by atoms with Crippen LogP contribution in [0.15, 0.2) is 34.9 Å². The number of nitrogens with one attached hydrogen (secondary N) is 1. The molecule has 0 aliphatic carbocycles. The van der Waals surface area contributed by atoms with Crippen molar-refractivity contribution >= 4 is 44.8 Å². The molecule has 0 fully saturated rings. The Balaban J connectivity index is 2.28. The van der Waals surface area contributed by atoms with Gasteiger partial charge in [-0.2, -0.15) is 0 Å². The Bertz CT molecular complexity index is 582. The molecule has 5 heteroatoms. The van der Waals surface area contributed by atoms with Crippen molar-refractivity contribution in [3.05, 3.63) is 56.2 Å². The fraction of sp³-hybridized carbons (Fsp3) is 0.214. The van der Waals surface area contributed by atoms with Crippen LogP contribution in [0.2, 0.25) is 10.2 Å². The molecule has 0 amide bonds. The molecule has 0 bridgehead atoms. The minimum atomic E-state index is 0.0426. The average Bonchev–Trinajstić information content (AvgIpc) is 2.33. The Hall–Kier alpha value is -0.770. The minimum Gasteiger partial charge on any atom is -0.376 e. The second-order valence-corrected chi connectivity index (χ2v) is 6.01. The number of halogens is 3. The summed E-state index contributed by atoms with van der Waals surface area (Å²) in [5.74, 6) is 0. The van der Waals surface area contributed by atoms with Crippen LogP contribution in [0, 0.1) is 6.92 Å². The molecule has 100 valence electrons. The van der Waals surface area contributed by atoms with Crippen LogP contribution in [-0.4, -0.2) is 4.98 Å². The summed E-state index contributed by atoms with van der Waals surface area (Å²) in [7, 11) is 0. The number of benzene rings is 1. The second-order valence-electron chi connectivity index (χ2n) is 4.33. The average molecular weight is 360 g/mol. The number of anilines is 1. The van der Waals surface area contributed by atoms with Gasteiger partial charge < -0.3 is 5.32 Å². The molecule has 0 radical (unpaired) electrons. The summed E-state index contributed by atoms with van der Waals surface area (Å²) < 4.78 is 0.962. The van der Waals surface area contributed by atoms with E-state index in [9.17, 15) is 0 Å². The van der Waals surface area contributed by atoms with Gasteiger partial charge >= 0.3 is 0 Å². The monoisotopic (exact) mass is 358 g/mol. The molecule has 1 aromatic heterocycles. The first-order valence-corrected chi connectivity index (χ1v) is 7.36. The summed E-state index contributed by atoms with van der Waals surface area (Å²) in [5, 5.41) is 4.55. The van der Waals surface area contributed by atoms with Crippen molar-refractivity contribution in [2.24, 2.45) is 0 Å². The molecule has 1 atom stereocenters. The lowest BCUT2D eigenvalue weighted by Gasteiger charge is -2.19. The highest BCUT2D eigenvalue weighted by Gasteiger charge is 2.13. The molecule has 1 unspecified atom stereocenters. The molecule has 0 saturated heterocycles. The standard InChI is InChI=1S/C14H13BrCl2N2/c1-8-5-6-18-14(17)13(8)19-9(2)11-4-3-10(15)7-12(11)16/h3-7,9,19H,1-2H3. The largest absolute Gasteiger partial charge is 0.376 e. The lowest BCUT2D eigenvalue weighted by molar-refractivity contribution is 0.880. The van der Waals surface area contributed by atoms with Crippen molar-refractivity contribution in [1.82, 2.24) is 4.98 Å². The molecule has 2 rings (SSSR count). The first kappa shape index (κ1) is 14.6. The van der Waals surface area contributed by atoms with Crippen molar-refractivity contribution in [1.29, 1.82) is 0 Å². The zero-order valence-corrected chi connectivity index (χ0v) is 13.6. The van der Waals surface area contributed by atoms with E-state index in [1.165, 1.54) is 0 Å². The predicted octanol–water partition coefficient (Wildman–Crippen LogP) is 5.63. The van der Waals surface area contributed by atoms with Gasteiger partial charge in [0.1, 0.15) is 0 Å². The molecule has 0 spiro atoms. The molecular formula is C14H13BrCl2N2. The SMILES string of the molecule is Cc1ccnc(Cl)c1NC(C)c1ccc(Br)cc1Cl. The number of pyridine rings is 1. The van der Waals surface area contributed by atoms with E-state index in [1.54, 1.807) is 6.20 Å². The molecule has 1 aromatic carbocycles. The topological polar surface area (TPSA) is 24.9 Å². The Labute approximate surface area is 131 Å². The van der Waals surface area contributed by atoms with Crippen LogP contribution in [0.4, 0.5) is 5.69 Å². The van der Waals surface area contributed by atoms with Crippen LogP contribution in [0.25, 0.3) is 0 Å². The normalized spacial score (nSPS) is 12.3. The van der Waals surface area contributed by atoms with Gasteiger partial charge in [-0.25, -0.2) is 4.98 Å². The van der Waals surface area contributed by atoms with Crippen LogP contribution >= 0.6 is 39.1 Å². The summed E-state index contributed by atoms with van der Waals surface area (Å²) in [4.78, 5) is 4.09. The number of hydrogen-bond acceptors (Lipinski definition) is 2. The fourth-order valence-electron chi connectivity index (χ4n) is 1.85. The number of aryl methyl sites for hydroxylation is 1. The van der Waals surface area contributed by atoms with E-state index in [4.69, 9.17) is 23.2 Å². The van der Waals surface area contributed by atoms with Crippen molar-refractivity contribution in [3.8, 4) is 0 Å². The smallest absolute Gasteiger partial charge is 0.152 e. The van der Waals surface area contributed by atoms with Gasteiger partial charge in [-0.1, -0.05) is 45.2 Å². The van der Waals surface area contributed by atoms with Gasteiger partial charge in [0.2, 0.25) is 0 Å². The van der Waals surface area contributed by atoms with E-state index < -0.39 is 0 Å². The van der Waals surface area contributed by atoms with Gasteiger partial charge in [-0.05, 0) is 43.2 Å². The minimum absolute atomic E-state index is 0.0426. The third-order valence-electron chi connectivity index (χ3n) is 2.90. The molecule has 1 N–H and O–H groups in total. The quantitative estimate of drug-likeness (QED) is 0.718. The maximum absolute atomic E-state index is 6.25. The van der Waals surface area contributed by atoms with Crippen molar-refractivity contribution in [2.45, 2.75) is 19.9 Å². The van der Waals surface area contributed by atoms with E-state index in [1.807, 2.05) is 38.1 Å². The zero-order chi connectivity index (χ0) is 14.0.